The second-order valence-corrected chi connectivity index (χ2v) is 13.1. The van der Waals surface area contributed by atoms with Crippen LogP contribution in [0.3, 0.4) is 0 Å². The van der Waals surface area contributed by atoms with Crippen molar-refractivity contribution in [3.63, 3.8) is 0 Å². The lowest BCUT2D eigenvalue weighted by Crippen LogP contribution is -2.41. The molecule has 0 spiro atoms. The van der Waals surface area contributed by atoms with Gasteiger partial charge in [-0.25, -0.2) is 23.7 Å². The number of nitrogens with zero attached hydrogens (tertiary/aromatic N) is 9. The smallest absolute Gasteiger partial charge is 0.328 e. The lowest BCUT2D eigenvalue weighted by atomic mass is 10.1. The van der Waals surface area contributed by atoms with Crippen molar-refractivity contribution in [3.8, 4) is 28.4 Å². The Hall–Kier alpha value is -6.61. The van der Waals surface area contributed by atoms with E-state index in [0.717, 1.165) is 17.0 Å². The summed E-state index contributed by atoms with van der Waals surface area (Å²) in [4.78, 5) is 46.2. The molecular formula is C37H31ClN10O5. The van der Waals surface area contributed by atoms with Gasteiger partial charge in [0.25, 0.3) is 11.8 Å². The van der Waals surface area contributed by atoms with Gasteiger partial charge in [-0.05, 0) is 62.4 Å². The summed E-state index contributed by atoms with van der Waals surface area (Å²) in [5.74, 6) is -0.838. The second kappa shape index (κ2) is 13.5. The van der Waals surface area contributed by atoms with E-state index in [1.165, 1.54) is 24.5 Å². The minimum Gasteiger partial charge on any atom is -0.467 e. The fourth-order valence-electron chi connectivity index (χ4n) is 6.57. The molecule has 2 aromatic carbocycles. The van der Waals surface area contributed by atoms with E-state index in [2.05, 4.69) is 30.8 Å². The summed E-state index contributed by atoms with van der Waals surface area (Å²) < 4.78 is 15.6. The number of carbonyl (C=O) groups is 3. The van der Waals surface area contributed by atoms with Gasteiger partial charge in [0.2, 0.25) is 0 Å². The Morgan fingerprint density at radius 3 is 2.60 bits per heavy atom. The Morgan fingerprint density at radius 2 is 1.85 bits per heavy atom. The standard InChI is InChI=1S/C37H31ClN10O5/c1-21-14-22(2)47-34(40-21)28(18-39-47)35(49)41-25-11-9-23(10-12-25)30-20-46(44-42-30)27-16-32(37(51)52-3)45(19-27)36(50)29-17-31(33-8-5-13-53-33)48(43-29)26-7-4-6-24(38)15-26/h4-15,17-18,20,27,32H,16,19H2,1-3H3,(H,41,49)/t27-,32-/m1/s1. The SMILES string of the molecule is COC(=O)[C@H]1C[C@@H](n2cc(-c3ccc(NC(=O)c4cnn5c(C)cc(C)nc45)cc3)nn2)CN1C(=O)c1cc(-c2ccco2)n(-c2cccc(Cl)c2)n1. The summed E-state index contributed by atoms with van der Waals surface area (Å²) >= 11 is 6.27. The summed E-state index contributed by atoms with van der Waals surface area (Å²) in [5, 5.41) is 21.1. The highest BCUT2D eigenvalue weighted by Crippen LogP contribution is 2.32. The van der Waals surface area contributed by atoms with Crippen LogP contribution in [0.4, 0.5) is 5.69 Å². The van der Waals surface area contributed by atoms with Gasteiger partial charge in [-0.1, -0.05) is 35.0 Å². The number of furan rings is 1. The van der Waals surface area contributed by atoms with E-state index >= 15 is 0 Å². The topological polar surface area (TPSA) is 168 Å². The van der Waals surface area contributed by atoms with Crippen LogP contribution < -0.4 is 5.32 Å². The predicted molar refractivity (Wildman–Crippen MR) is 193 cm³/mol. The van der Waals surface area contributed by atoms with E-state index in [1.54, 1.807) is 68.6 Å². The Morgan fingerprint density at radius 1 is 1.02 bits per heavy atom. The molecule has 15 nitrogen and oxygen atoms in total. The molecule has 16 heteroatoms. The van der Waals surface area contributed by atoms with Gasteiger partial charge in [-0.3, -0.25) is 9.59 Å². The molecule has 1 aliphatic rings. The van der Waals surface area contributed by atoms with E-state index < -0.39 is 17.9 Å². The number of likely N-dealkylation sites (tertiary alicyclic amines) is 1. The lowest BCUT2D eigenvalue weighted by Gasteiger charge is -2.21. The minimum absolute atomic E-state index is 0.112. The van der Waals surface area contributed by atoms with Crippen LogP contribution in [0.2, 0.25) is 5.02 Å². The predicted octanol–water partition coefficient (Wildman–Crippen LogP) is 5.58. The molecular weight excluding hydrogens is 700 g/mol. The third-order valence-electron chi connectivity index (χ3n) is 9.11. The summed E-state index contributed by atoms with van der Waals surface area (Å²) in [7, 11) is 1.29. The maximum Gasteiger partial charge on any atom is 0.328 e. The molecule has 8 rings (SSSR count). The number of hydrogen-bond donors (Lipinski definition) is 1. The van der Waals surface area contributed by atoms with Gasteiger partial charge < -0.3 is 19.4 Å². The first-order valence-corrected chi connectivity index (χ1v) is 17.0. The van der Waals surface area contributed by atoms with Crippen molar-refractivity contribution < 1.29 is 23.5 Å². The van der Waals surface area contributed by atoms with Crippen molar-refractivity contribution in [2.45, 2.75) is 32.4 Å². The number of rotatable bonds is 8. The highest BCUT2D eigenvalue weighted by molar-refractivity contribution is 6.30. The maximum absolute atomic E-state index is 14.1. The van der Waals surface area contributed by atoms with E-state index in [1.807, 2.05) is 38.1 Å². The number of halogens is 1. The summed E-state index contributed by atoms with van der Waals surface area (Å²) in [6.07, 6.45) is 5.06. The van der Waals surface area contributed by atoms with Crippen LogP contribution >= 0.6 is 11.6 Å². The molecule has 1 N–H and O–H groups in total. The van der Waals surface area contributed by atoms with Crippen LogP contribution in [0, 0.1) is 13.8 Å². The first-order chi connectivity index (χ1) is 25.7. The van der Waals surface area contributed by atoms with Gasteiger partial charge >= 0.3 is 5.97 Å². The van der Waals surface area contributed by atoms with Crippen LogP contribution in [0.15, 0.2) is 95.9 Å². The Kier molecular flexibility index (Phi) is 8.54. The molecule has 6 heterocycles. The number of ether oxygens (including phenoxy) is 1. The zero-order chi connectivity index (χ0) is 36.8. The zero-order valence-electron chi connectivity index (χ0n) is 28.7. The fraction of sp³-hybridized carbons (Fsp3) is 0.189. The average Bonchev–Trinajstić information content (AvgIpc) is 4.00. The number of amides is 2. The van der Waals surface area contributed by atoms with Gasteiger partial charge in [-0.2, -0.15) is 10.2 Å². The molecule has 7 aromatic rings. The number of methoxy groups -OCH3 is 1. The average molecular weight is 731 g/mol. The van der Waals surface area contributed by atoms with Crippen LogP contribution in [0.5, 0.6) is 0 Å². The summed E-state index contributed by atoms with van der Waals surface area (Å²) in [6.45, 7) is 3.93. The molecule has 2 amide bonds. The van der Waals surface area contributed by atoms with Gasteiger partial charge in [0.05, 0.1) is 37.5 Å². The van der Waals surface area contributed by atoms with E-state index in [4.69, 9.17) is 20.8 Å². The number of aryl methyl sites for hydroxylation is 2. The lowest BCUT2D eigenvalue weighted by molar-refractivity contribution is -0.145. The number of carbonyl (C=O) groups excluding carboxylic acids is 3. The van der Waals surface area contributed by atoms with Gasteiger partial charge in [0.15, 0.2) is 17.1 Å². The van der Waals surface area contributed by atoms with E-state index in [-0.39, 0.29) is 30.6 Å². The van der Waals surface area contributed by atoms with E-state index in [9.17, 15) is 14.4 Å². The first kappa shape index (κ1) is 33.5. The quantitative estimate of drug-likeness (QED) is 0.195. The van der Waals surface area contributed by atoms with Crippen molar-refractivity contribution >= 4 is 40.7 Å². The minimum atomic E-state index is -0.882. The monoisotopic (exact) mass is 730 g/mol. The fourth-order valence-corrected chi connectivity index (χ4v) is 6.75. The number of aromatic nitrogens is 8. The van der Waals surface area contributed by atoms with Crippen LogP contribution in [0.25, 0.3) is 34.0 Å². The summed E-state index contributed by atoms with van der Waals surface area (Å²) in [5.41, 5.74) is 5.71. The molecule has 0 saturated carbocycles. The normalized spacial score (nSPS) is 15.6. The highest BCUT2D eigenvalue weighted by atomic mass is 35.5. The molecule has 266 valence electrons. The number of benzene rings is 2. The van der Waals surface area contributed by atoms with Gasteiger partial charge in [0, 0.05) is 46.7 Å². The van der Waals surface area contributed by atoms with Crippen LogP contribution in [-0.4, -0.2) is 81.8 Å². The Labute approximate surface area is 306 Å². The number of hydrogen-bond acceptors (Lipinski definition) is 10. The molecule has 2 atom stereocenters. The van der Waals surface area contributed by atoms with Crippen molar-refractivity contribution in [1.82, 2.24) is 44.3 Å². The van der Waals surface area contributed by atoms with Crippen LogP contribution in [0.1, 0.15) is 44.7 Å². The maximum atomic E-state index is 14.1. The summed E-state index contributed by atoms with van der Waals surface area (Å²) in [6, 6.07) is 20.0. The molecule has 0 radical (unpaired) electrons. The number of anilines is 1. The van der Waals surface area contributed by atoms with Crippen molar-refractivity contribution in [1.29, 1.82) is 0 Å². The number of esters is 1. The third kappa shape index (κ3) is 6.31. The van der Waals surface area contributed by atoms with Gasteiger partial charge in [0.1, 0.15) is 23.0 Å². The Balaban J connectivity index is 1.01. The Bertz CT molecular complexity index is 2500. The molecule has 1 saturated heterocycles. The van der Waals surface area contributed by atoms with E-state index in [0.29, 0.717) is 44.8 Å². The molecule has 5 aromatic heterocycles. The first-order valence-electron chi connectivity index (χ1n) is 16.6. The molecule has 1 aliphatic heterocycles. The molecule has 53 heavy (non-hydrogen) atoms. The number of fused-ring (bicyclic) bond motifs is 1. The van der Waals surface area contributed by atoms with Crippen molar-refractivity contribution in [2.24, 2.45) is 0 Å². The third-order valence-corrected chi connectivity index (χ3v) is 9.35. The molecule has 0 unspecified atom stereocenters. The van der Waals surface area contributed by atoms with Crippen molar-refractivity contribution in [2.75, 3.05) is 19.0 Å². The van der Waals surface area contributed by atoms with Crippen molar-refractivity contribution in [3.05, 3.63) is 119 Å². The second-order valence-electron chi connectivity index (χ2n) is 12.6. The van der Waals surface area contributed by atoms with Crippen LogP contribution in [-0.2, 0) is 9.53 Å². The molecule has 1 fully saturated rings. The molecule has 0 bridgehead atoms. The zero-order valence-corrected chi connectivity index (χ0v) is 29.4. The van der Waals surface area contributed by atoms with Gasteiger partial charge in [-0.15, -0.1) is 5.10 Å². The highest BCUT2D eigenvalue weighted by Gasteiger charge is 2.43. The largest absolute Gasteiger partial charge is 0.467 e. The number of nitrogens with one attached hydrogen (secondary N) is 1. The molecule has 0 aliphatic carbocycles.